The lowest BCUT2D eigenvalue weighted by Gasteiger charge is -2.17. The highest BCUT2D eigenvalue weighted by Gasteiger charge is 2.21. The van der Waals surface area contributed by atoms with Crippen LogP contribution in [0.25, 0.3) is 11.5 Å². The number of carbonyl (C=O) groups is 1. The van der Waals surface area contributed by atoms with Crippen LogP contribution in [0.5, 0.6) is 0 Å². The van der Waals surface area contributed by atoms with Crippen LogP contribution in [0.3, 0.4) is 0 Å². The van der Waals surface area contributed by atoms with Gasteiger partial charge in [0, 0.05) is 12.5 Å². The average molecular weight is 347 g/mol. The fraction of sp³-hybridized carbons (Fsp3) is 0.611. The Labute approximate surface area is 146 Å². The molecule has 1 aliphatic rings. The van der Waals surface area contributed by atoms with Gasteiger partial charge >= 0.3 is 5.76 Å². The van der Waals surface area contributed by atoms with Gasteiger partial charge in [-0.3, -0.25) is 4.79 Å². The van der Waals surface area contributed by atoms with Crippen LogP contribution >= 0.6 is 0 Å². The molecule has 0 bridgehead atoms. The summed E-state index contributed by atoms with van der Waals surface area (Å²) in [4.78, 5) is 24.3. The molecule has 0 aliphatic heterocycles. The van der Waals surface area contributed by atoms with Crippen molar-refractivity contribution < 1.29 is 13.6 Å². The van der Waals surface area contributed by atoms with Gasteiger partial charge in [-0.15, -0.1) is 5.10 Å². The zero-order chi connectivity index (χ0) is 17.8. The van der Waals surface area contributed by atoms with E-state index in [-0.39, 0.29) is 17.8 Å². The van der Waals surface area contributed by atoms with Crippen molar-refractivity contribution in [1.29, 1.82) is 0 Å². The monoisotopic (exact) mass is 347 g/mol. The highest BCUT2D eigenvalue weighted by molar-refractivity contribution is 5.76. The molecule has 1 saturated carbocycles. The molecule has 1 atom stereocenters. The van der Waals surface area contributed by atoms with E-state index in [1.807, 2.05) is 6.92 Å². The number of carbonyl (C=O) groups excluding carboxylic acids is 1. The standard InChI is InChI=1S/C18H25N3O4/c1-3-14(19-16(22)10-13-6-4-5-7-13)11-21-18(23)25-17(20-21)15-8-9-24-12(15)2/h8-9,13-14H,3-7,10-11H2,1-2H3,(H,19,22)/t14-/m1/s1. The van der Waals surface area contributed by atoms with E-state index in [1.165, 1.54) is 23.8 Å². The molecule has 7 heteroatoms. The minimum absolute atomic E-state index is 0.0567. The Bertz CT molecular complexity index is 767. The molecule has 2 aromatic rings. The maximum Gasteiger partial charge on any atom is 0.437 e. The van der Waals surface area contributed by atoms with Crippen molar-refractivity contribution in [3.8, 4) is 11.5 Å². The first-order valence-electron chi connectivity index (χ1n) is 8.98. The van der Waals surface area contributed by atoms with Gasteiger partial charge in [-0.25, -0.2) is 4.79 Å². The molecule has 0 saturated heterocycles. The second-order valence-electron chi connectivity index (χ2n) is 6.77. The number of aryl methyl sites for hydroxylation is 1. The number of amides is 1. The lowest BCUT2D eigenvalue weighted by atomic mass is 10.0. The molecule has 0 unspecified atom stereocenters. The number of hydrogen-bond acceptors (Lipinski definition) is 5. The van der Waals surface area contributed by atoms with E-state index in [0.717, 1.165) is 19.3 Å². The molecule has 0 radical (unpaired) electrons. The zero-order valence-corrected chi connectivity index (χ0v) is 14.8. The van der Waals surface area contributed by atoms with Crippen LogP contribution in [0.2, 0.25) is 0 Å². The molecule has 0 spiro atoms. The smallest absolute Gasteiger partial charge is 0.437 e. The summed E-state index contributed by atoms with van der Waals surface area (Å²) in [6, 6.07) is 1.57. The number of furan rings is 1. The van der Waals surface area contributed by atoms with E-state index in [4.69, 9.17) is 8.83 Å². The Morgan fingerprint density at radius 2 is 2.20 bits per heavy atom. The normalized spacial score (nSPS) is 16.2. The third kappa shape index (κ3) is 4.21. The van der Waals surface area contributed by atoms with Crippen molar-refractivity contribution in [3.05, 3.63) is 28.6 Å². The van der Waals surface area contributed by atoms with E-state index in [0.29, 0.717) is 30.2 Å². The van der Waals surface area contributed by atoms with Gasteiger partial charge in [0.15, 0.2) is 0 Å². The Hall–Kier alpha value is -2.31. The number of aromatic nitrogens is 2. The lowest BCUT2D eigenvalue weighted by molar-refractivity contribution is -0.122. The molecule has 2 heterocycles. The molecule has 136 valence electrons. The predicted octanol–water partition coefficient (Wildman–Crippen LogP) is 2.88. The Balaban J connectivity index is 1.63. The summed E-state index contributed by atoms with van der Waals surface area (Å²) >= 11 is 0. The summed E-state index contributed by atoms with van der Waals surface area (Å²) in [6.45, 7) is 4.06. The Morgan fingerprint density at radius 3 is 2.84 bits per heavy atom. The van der Waals surface area contributed by atoms with Crippen molar-refractivity contribution in [2.24, 2.45) is 5.92 Å². The molecule has 1 aliphatic carbocycles. The number of nitrogens with one attached hydrogen (secondary N) is 1. The molecule has 2 aromatic heterocycles. The van der Waals surface area contributed by atoms with Gasteiger partial charge in [0.25, 0.3) is 5.89 Å². The summed E-state index contributed by atoms with van der Waals surface area (Å²) in [6.07, 6.45) is 7.54. The summed E-state index contributed by atoms with van der Waals surface area (Å²) in [5.74, 6) is 0.914. The first-order chi connectivity index (χ1) is 12.1. The first-order valence-corrected chi connectivity index (χ1v) is 8.98. The summed E-state index contributed by atoms with van der Waals surface area (Å²) in [7, 11) is 0. The van der Waals surface area contributed by atoms with Crippen LogP contribution in [0, 0.1) is 12.8 Å². The summed E-state index contributed by atoms with van der Waals surface area (Å²) in [5, 5.41) is 7.26. The van der Waals surface area contributed by atoms with Gasteiger partial charge in [-0.2, -0.15) is 4.68 Å². The zero-order valence-electron chi connectivity index (χ0n) is 14.8. The molecule has 25 heavy (non-hydrogen) atoms. The van der Waals surface area contributed by atoms with E-state index in [1.54, 1.807) is 13.0 Å². The maximum absolute atomic E-state index is 12.2. The third-order valence-corrected chi connectivity index (χ3v) is 4.90. The first kappa shape index (κ1) is 17.5. The van der Waals surface area contributed by atoms with E-state index in [2.05, 4.69) is 10.4 Å². The third-order valence-electron chi connectivity index (χ3n) is 4.90. The average Bonchev–Trinajstić information content (AvgIpc) is 3.29. The van der Waals surface area contributed by atoms with Crippen LogP contribution in [0.4, 0.5) is 0 Å². The van der Waals surface area contributed by atoms with Gasteiger partial charge in [0.1, 0.15) is 5.76 Å². The Kier molecular flexibility index (Phi) is 5.40. The van der Waals surface area contributed by atoms with Gasteiger partial charge in [-0.05, 0) is 38.2 Å². The largest absolute Gasteiger partial charge is 0.469 e. The maximum atomic E-state index is 12.2. The number of nitrogens with zero attached hydrogens (tertiary/aromatic N) is 2. The minimum atomic E-state index is -0.529. The molecule has 0 aromatic carbocycles. The minimum Gasteiger partial charge on any atom is -0.469 e. The summed E-state index contributed by atoms with van der Waals surface area (Å²) in [5.41, 5.74) is 0.661. The van der Waals surface area contributed by atoms with Crippen molar-refractivity contribution in [2.45, 2.75) is 65.0 Å². The van der Waals surface area contributed by atoms with Crippen molar-refractivity contribution in [3.63, 3.8) is 0 Å². The molecule has 3 rings (SSSR count). The SMILES string of the molecule is CC[C@H](Cn1nc(-c2ccoc2C)oc1=O)NC(=O)CC1CCCC1. The molecule has 7 nitrogen and oxygen atoms in total. The lowest BCUT2D eigenvalue weighted by Crippen LogP contribution is -2.40. The number of hydrogen-bond donors (Lipinski definition) is 1. The van der Waals surface area contributed by atoms with Crippen LogP contribution in [0.15, 0.2) is 26.0 Å². The fourth-order valence-corrected chi connectivity index (χ4v) is 3.39. The van der Waals surface area contributed by atoms with Crippen LogP contribution in [0.1, 0.15) is 51.2 Å². The second-order valence-corrected chi connectivity index (χ2v) is 6.77. The second kappa shape index (κ2) is 7.72. The molecule has 1 fully saturated rings. The van der Waals surface area contributed by atoms with Gasteiger partial charge in [0.05, 0.1) is 18.4 Å². The van der Waals surface area contributed by atoms with E-state index in [9.17, 15) is 9.59 Å². The Morgan fingerprint density at radius 1 is 1.44 bits per heavy atom. The topological polar surface area (TPSA) is 90.3 Å². The highest BCUT2D eigenvalue weighted by Crippen LogP contribution is 2.27. The van der Waals surface area contributed by atoms with Crippen LogP contribution in [-0.2, 0) is 11.3 Å². The van der Waals surface area contributed by atoms with Crippen molar-refractivity contribution in [1.82, 2.24) is 15.1 Å². The quantitative estimate of drug-likeness (QED) is 0.832. The van der Waals surface area contributed by atoms with E-state index < -0.39 is 5.76 Å². The summed E-state index contributed by atoms with van der Waals surface area (Å²) < 4.78 is 11.7. The predicted molar refractivity (Wildman–Crippen MR) is 92.0 cm³/mol. The van der Waals surface area contributed by atoms with Gasteiger partial charge in [0.2, 0.25) is 5.91 Å². The molecule has 1 N–H and O–H groups in total. The molecular weight excluding hydrogens is 322 g/mol. The highest BCUT2D eigenvalue weighted by atomic mass is 16.4. The van der Waals surface area contributed by atoms with Crippen molar-refractivity contribution >= 4 is 5.91 Å². The number of rotatable bonds is 7. The van der Waals surface area contributed by atoms with Crippen LogP contribution < -0.4 is 11.1 Å². The van der Waals surface area contributed by atoms with Crippen molar-refractivity contribution in [2.75, 3.05) is 0 Å². The van der Waals surface area contributed by atoms with E-state index >= 15 is 0 Å². The van der Waals surface area contributed by atoms with Gasteiger partial charge in [-0.1, -0.05) is 19.8 Å². The van der Waals surface area contributed by atoms with Crippen LogP contribution in [-0.4, -0.2) is 21.7 Å². The fourth-order valence-electron chi connectivity index (χ4n) is 3.39. The molecule has 1 amide bonds. The molecular formula is C18H25N3O4. The van der Waals surface area contributed by atoms with Gasteiger partial charge < -0.3 is 14.2 Å².